The molecule has 0 unspecified atom stereocenters. The Bertz CT molecular complexity index is 620. The normalized spacial score (nSPS) is 22.6. The van der Waals surface area contributed by atoms with Crippen molar-refractivity contribution in [2.75, 3.05) is 19.7 Å². The average molecular weight is 274 g/mol. The summed E-state index contributed by atoms with van der Waals surface area (Å²) in [5.41, 5.74) is 0.410. The minimum absolute atomic E-state index is 0.314. The largest absolute Gasteiger partial charge is 0.485 e. The number of benzene rings is 1. The monoisotopic (exact) mass is 274 g/mol. The van der Waals surface area contributed by atoms with Gasteiger partial charge in [0.1, 0.15) is 12.2 Å². The van der Waals surface area contributed by atoms with Crippen LogP contribution in [-0.4, -0.2) is 37.1 Å². The molecule has 1 fully saturated rings. The first-order chi connectivity index (χ1) is 9.67. The number of amides is 2. The Hall–Kier alpha value is -2.08. The van der Waals surface area contributed by atoms with Gasteiger partial charge in [0, 0.05) is 12.8 Å². The Morgan fingerprint density at radius 3 is 2.35 bits per heavy atom. The number of imide groups is 1. The minimum Gasteiger partial charge on any atom is -0.485 e. The van der Waals surface area contributed by atoms with Crippen molar-refractivity contribution in [3.63, 3.8) is 0 Å². The summed E-state index contributed by atoms with van der Waals surface area (Å²) in [5, 5.41) is 5.57. The highest BCUT2D eigenvalue weighted by atomic mass is 16.6. The predicted molar refractivity (Wildman–Crippen MR) is 69.2 cm³/mol. The Morgan fingerprint density at radius 1 is 1.00 bits per heavy atom. The molecule has 3 aliphatic heterocycles. The molecule has 0 radical (unpaired) electrons. The van der Waals surface area contributed by atoms with E-state index in [1.165, 1.54) is 0 Å². The Kier molecular flexibility index (Phi) is 2.32. The summed E-state index contributed by atoms with van der Waals surface area (Å²) in [6.07, 6.45) is 1.74. The van der Waals surface area contributed by atoms with Crippen molar-refractivity contribution in [3.8, 4) is 11.5 Å². The molecule has 0 bridgehead atoms. The van der Waals surface area contributed by atoms with Crippen LogP contribution in [0.1, 0.15) is 33.6 Å². The fourth-order valence-electron chi connectivity index (χ4n) is 2.97. The highest BCUT2D eigenvalue weighted by Gasteiger charge is 2.40. The Labute approximate surface area is 115 Å². The second-order valence-electron chi connectivity index (χ2n) is 5.45. The van der Waals surface area contributed by atoms with Crippen LogP contribution in [0.4, 0.5) is 0 Å². The zero-order valence-electron chi connectivity index (χ0n) is 10.8. The number of rotatable bonds is 0. The highest BCUT2D eigenvalue weighted by molar-refractivity contribution is 6.21. The van der Waals surface area contributed by atoms with Crippen molar-refractivity contribution < 1.29 is 19.1 Å². The van der Waals surface area contributed by atoms with Crippen molar-refractivity contribution >= 4 is 11.8 Å². The van der Waals surface area contributed by atoms with E-state index >= 15 is 0 Å². The molecule has 0 saturated carbocycles. The van der Waals surface area contributed by atoms with E-state index < -0.39 is 0 Å². The van der Waals surface area contributed by atoms with Crippen LogP contribution in [0.5, 0.6) is 11.5 Å². The van der Waals surface area contributed by atoms with E-state index in [9.17, 15) is 9.59 Å². The molecule has 3 heterocycles. The van der Waals surface area contributed by atoms with E-state index in [1.807, 2.05) is 0 Å². The Morgan fingerprint density at radius 2 is 1.65 bits per heavy atom. The highest BCUT2D eigenvalue weighted by Crippen LogP contribution is 2.41. The molecule has 20 heavy (non-hydrogen) atoms. The van der Waals surface area contributed by atoms with Crippen LogP contribution in [0, 0.1) is 0 Å². The molecule has 1 aromatic carbocycles. The third kappa shape index (κ3) is 1.61. The lowest BCUT2D eigenvalue weighted by Gasteiger charge is -2.41. The summed E-state index contributed by atoms with van der Waals surface area (Å²) >= 11 is 0. The number of carbonyl (C=O) groups is 2. The maximum Gasteiger partial charge on any atom is 0.259 e. The predicted octanol–water partition coefficient (Wildman–Crippen LogP) is 0.464. The summed E-state index contributed by atoms with van der Waals surface area (Å²) in [4.78, 5) is 23.3. The van der Waals surface area contributed by atoms with Gasteiger partial charge in [0.05, 0.1) is 11.1 Å². The molecule has 4 rings (SSSR count). The van der Waals surface area contributed by atoms with E-state index in [-0.39, 0.29) is 17.4 Å². The number of piperidine rings is 1. The molecule has 1 spiro atoms. The van der Waals surface area contributed by atoms with Gasteiger partial charge in [-0.25, -0.2) is 0 Å². The molecule has 1 saturated heterocycles. The summed E-state index contributed by atoms with van der Waals surface area (Å²) < 4.78 is 11.9. The van der Waals surface area contributed by atoms with E-state index in [4.69, 9.17) is 9.47 Å². The SMILES string of the molecule is O=C1NC(=O)c2cc3c(cc21)OCC1(CCNCC1)O3. The smallest absolute Gasteiger partial charge is 0.259 e. The van der Waals surface area contributed by atoms with Crippen LogP contribution in [0.2, 0.25) is 0 Å². The van der Waals surface area contributed by atoms with Crippen molar-refractivity contribution in [1.82, 2.24) is 10.6 Å². The van der Waals surface area contributed by atoms with Crippen molar-refractivity contribution in [2.45, 2.75) is 18.4 Å². The first-order valence-electron chi connectivity index (χ1n) is 6.73. The van der Waals surface area contributed by atoms with Gasteiger partial charge >= 0.3 is 0 Å². The van der Waals surface area contributed by atoms with Gasteiger partial charge in [0.2, 0.25) is 0 Å². The lowest BCUT2D eigenvalue weighted by Crippen LogP contribution is -2.52. The maximum atomic E-state index is 11.7. The number of carbonyl (C=O) groups excluding carboxylic acids is 2. The first-order valence-corrected chi connectivity index (χ1v) is 6.73. The zero-order valence-corrected chi connectivity index (χ0v) is 10.8. The fourth-order valence-corrected chi connectivity index (χ4v) is 2.97. The zero-order chi connectivity index (χ0) is 13.7. The van der Waals surface area contributed by atoms with Gasteiger partial charge in [-0.15, -0.1) is 0 Å². The van der Waals surface area contributed by atoms with Gasteiger partial charge in [-0.05, 0) is 25.2 Å². The van der Waals surface area contributed by atoms with Crippen molar-refractivity contribution in [3.05, 3.63) is 23.3 Å². The topological polar surface area (TPSA) is 76.7 Å². The third-order valence-electron chi connectivity index (χ3n) is 4.13. The van der Waals surface area contributed by atoms with Gasteiger partial charge in [0.25, 0.3) is 11.8 Å². The molecule has 0 atom stereocenters. The standard InChI is InChI=1S/C14H14N2O4/c17-12-8-5-10-11(6-9(8)13(18)16-12)20-14(7-19-10)1-3-15-4-2-14/h5-6,15H,1-4,7H2,(H,16,17,18). The number of fused-ring (bicyclic) bond motifs is 2. The summed E-state index contributed by atoms with van der Waals surface area (Å²) in [6, 6.07) is 3.21. The first kappa shape index (κ1) is 11.7. The minimum atomic E-state index is -0.376. The molecular formula is C14H14N2O4. The molecule has 0 aliphatic carbocycles. The van der Waals surface area contributed by atoms with E-state index in [0.717, 1.165) is 25.9 Å². The van der Waals surface area contributed by atoms with E-state index in [0.29, 0.717) is 29.2 Å². The number of hydrogen-bond donors (Lipinski definition) is 2. The van der Waals surface area contributed by atoms with Crippen LogP contribution in [0.3, 0.4) is 0 Å². The fraction of sp³-hybridized carbons (Fsp3) is 0.429. The summed E-state index contributed by atoms with van der Waals surface area (Å²) in [5.74, 6) is 0.347. The van der Waals surface area contributed by atoms with Gasteiger partial charge in [-0.3, -0.25) is 14.9 Å². The second-order valence-corrected chi connectivity index (χ2v) is 5.45. The van der Waals surface area contributed by atoms with Crippen LogP contribution in [0.25, 0.3) is 0 Å². The summed E-state index contributed by atoms with van der Waals surface area (Å²) in [6.45, 7) is 2.27. The molecule has 2 amide bonds. The second kappa shape index (κ2) is 3.96. The molecule has 2 N–H and O–H groups in total. The van der Waals surface area contributed by atoms with Crippen LogP contribution >= 0.6 is 0 Å². The number of hydrogen-bond acceptors (Lipinski definition) is 5. The summed E-state index contributed by atoms with van der Waals surface area (Å²) in [7, 11) is 0. The lowest BCUT2D eigenvalue weighted by atomic mass is 9.92. The van der Waals surface area contributed by atoms with Crippen molar-refractivity contribution in [1.29, 1.82) is 0 Å². The third-order valence-corrected chi connectivity index (χ3v) is 4.13. The van der Waals surface area contributed by atoms with Crippen LogP contribution in [0.15, 0.2) is 12.1 Å². The molecule has 1 aromatic rings. The Balaban J connectivity index is 1.74. The van der Waals surface area contributed by atoms with Gasteiger partial charge < -0.3 is 14.8 Å². The molecule has 6 heteroatoms. The maximum absolute atomic E-state index is 11.7. The molecule has 104 valence electrons. The molecule has 3 aliphatic rings. The average Bonchev–Trinajstić information content (AvgIpc) is 2.72. The van der Waals surface area contributed by atoms with Crippen molar-refractivity contribution in [2.24, 2.45) is 0 Å². The van der Waals surface area contributed by atoms with Crippen LogP contribution < -0.4 is 20.1 Å². The van der Waals surface area contributed by atoms with Gasteiger partial charge in [-0.2, -0.15) is 0 Å². The van der Waals surface area contributed by atoms with Gasteiger partial charge in [-0.1, -0.05) is 0 Å². The van der Waals surface area contributed by atoms with Gasteiger partial charge in [0.15, 0.2) is 11.5 Å². The van der Waals surface area contributed by atoms with E-state index in [2.05, 4.69) is 10.6 Å². The molecule has 0 aromatic heterocycles. The quantitative estimate of drug-likeness (QED) is 0.672. The van der Waals surface area contributed by atoms with E-state index in [1.54, 1.807) is 12.1 Å². The number of nitrogens with one attached hydrogen (secondary N) is 2. The number of ether oxygens (including phenoxy) is 2. The lowest BCUT2D eigenvalue weighted by molar-refractivity contribution is -0.0302. The molecule has 6 nitrogen and oxygen atoms in total. The molecular weight excluding hydrogens is 260 g/mol. The van der Waals surface area contributed by atoms with Crippen LogP contribution in [-0.2, 0) is 0 Å².